The van der Waals surface area contributed by atoms with Crippen LogP contribution >= 0.6 is 0 Å². The summed E-state index contributed by atoms with van der Waals surface area (Å²) in [5, 5.41) is 0. The smallest absolute Gasteiger partial charge is 0.308 e. The summed E-state index contributed by atoms with van der Waals surface area (Å²) >= 11 is 0. The molecule has 0 fully saturated rings. The average Bonchev–Trinajstić information content (AvgIpc) is 2.37. The lowest BCUT2D eigenvalue weighted by atomic mass is 9.93. The van der Waals surface area contributed by atoms with Crippen LogP contribution in [0.2, 0.25) is 0 Å². The molecule has 0 bridgehead atoms. The lowest BCUT2D eigenvalue weighted by molar-refractivity contribution is -0.151. The van der Waals surface area contributed by atoms with Gasteiger partial charge in [-0.05, 0) is 30.6 Å². The molecule has 0 radical (unpaired) electrons. The number of ether oxygens (including phenoxy) is 2. The van der Waals surface area contributed by atoms with Crippen LogP contribution in [0.25, 0.3) is 0 Å². The van der Waals surface area contributed by atoms with Crippen molar-refractivity contribution in [2.45, 2.75) is 60.8 Å². The van der Waals surface area contributed by atoms with Crippen LogP contribution in [0.5, 0.6) is 0 Å². The molecule has 0 spiro atoms. The summed E-state index contributed by atoms with van der Waals surface area (Å²) in [6.07, 6.45) is 1.53. The Hall–Kier alpha value is -1.06. The Morgan fingerprint density at radius 3 is 1.81 bits per heavy atom. The Kier molecular flexibility index (Phi) is 10.1. The molecule has 0 amide bonds. The molecule has 4 heteroatoms. The maximum absolute atomic E-state index is 12.1. The third-order valence-electron chi connectivity index (χ3n) is 2.92. The van der Waals surface area contributed by atoms with Gasteiger partial charge in [0.1, 0.15) is 0 Å². The van der Waals surface area contributed by atoms with E-state index in [2.05, 4.69) is 13.8 Å². The summed E-state index contributed by atoms with van der Waals surface area (Å²) in [6.45, 7) is 13.0. The first-order chi connectivity index (χ1) is 9.72. The van der Waals surface area contributed by atoms with Gasteiger partial charge in [-0.2, -0.15) is 0 Å². The highest BCUT2D eigenvalue weighted by Gasteiger charge is 2.23. The fourth-order valence-corrected chi connectivity index (χ4v) is 1.89. The minimum Gasteiger partial charge on any atom is -0.465 e. The van der Waals surface area contributed by atoms with E-state index >= 15 is 0 Å². The van der Waals surface area contributed by atoms with Gasteiger partial charge in [0, 0.05) is 6.42 Å². The molecule has 0 aromatic heterocycles. The van der Waals surface area contributed by atoms with Crippen LogP contribution in [0.4, 0.5) is 0 Å². The second-order valence-corrected chi connectivity index (χ2v) is 6.97. The third-order valence-corrected chi connectivity index (χ3v) is 2.92. The summed E-state index contributed by atoms with van der Waals surface area (Å²) in [5.74, 6) is 0.424. The Morgan fingerprint density at radius 1 is 0.810 bits per heavy atom. The topological polar surface area (TPSA) is 52.6 Å². The second-order valence-electron chi connectivity index (χ2n) is 6.97. The van der Waals surface area contributed by atoms with Crippen molar-refractivity contribution in [2.75, 3.05) is 13.2 Å². The van der Waals surface area contributed by atoms with Crippen molar-refractivity contribution in [3.8, 4) is 0 Å². The minimum atomic E-state index is -0.228. The number of hydrogen-bond acceptors (Lipinski definition) is 4. The van der Waals surface area contributed by atoms with E-state index in [4.69, 9.17) is 9.47 Å². The molecule has 0 aliphatic rings. The van der Waals surface area contributed by atoms with Gasteiger partial charge < -0.3 is 9.47 Å². The zero-order valence-electron chi connectivity index (χ0n) is 14.5. The fourth-order valence-electron chi connectivity index (χ4n) is 1.89. The highest BCUT2D eigenvalue weighted by atomic mass is 16.5. The van der Waals surface area contributed by atoms with Crippen molar-refractivity contribution >= 4 is 11.9 Å². The standard InChI is InChI=1S/C17H32O4/c1-12(2)9-15(17(19)21-11-14(5)6)7-8-16(18)20-10-13(3)4/h12-15H,7-11H2,1-6H3. The number of carbonyl (C=O) groups excluding carboxylic acids is 2. The number of hydrogen-bond donors (Lipinski definition) is 0. The zero-order chi connectivity index (χ0) is 16.4. The first-order valence-electron chi connectivity index (χ1n) is 8.04. The second kappa shape index (κ2) is 10.6. The van der Waals surface area contributed by atoms with Crippen molar-refractivity contribution in [3.63, 3.8) is 0 Å². The Balaban J connectivity index is 4.28. The van der Waals surface area contributed by atoms with Crippen LogP contribution in [0.1, 0.15) is 60.8 Å². The highest BCUT2D eigenvalue weighted by Crippen LogP contribution is 2.20. The normalized spacial score (nSPS) is 12.8. The van der Waals surface area contributed by atoms with E-state index in [0.717, 1.165) is 6.42 Å². The Morgan fingerprint density at radius 2 is 1.33 bits per heavy atom. The van der Waals surface area contributed by atoms with E-state index in [1.807, 2.05) is 27.7 Å². The molecule has 0 aliphatic carbocycles. The zero-order valence-corrected chi connectivity index (χ0v) is 14.5. The Bertz CT molecular complexity index is 308. The summed E-state index contributed by atoms with van der Waals surface area (Å²) in [7, 11) is 0. The van der Waals surface area contributed by atoms with E-state index in [9.17, 15) is 9.59 Å². The van der Waals surface area contributed by atoms with Crippen LogP contribution in [0.3, 0.4) is 0 Å². The van der Waals surface area contributed by atoms with Gasteiger partial charge in [0.2, 0.25) is 0 Å². The average molecular weight is 300 g/mol. The summed E-state index contributed by atoms with van der Waals surface area (Å²) in [6, 6.07) is 0. The molecule has 1 atom stereocenters. The number of rotatable bonds is 10. The molecule has 0 saturated heterocycles. The molecule has 124 valence electrons. The number of carbonyl (C=O) groups is 2. The molecule has 1 unspecified atom stereocenters. The van der Waals surface area contributed by atoms with Crippen molar-refractivity contribution in [2.24, 2.45) is 23.7 Å². The van der Waals surface area contributed by atoms with Crippen LogP contribution in [0.15, 0.2) is 0 Å². The lowest BCUT2D eigenvalue weighted by Gasteiger charge is -2.18. The molecule has 0 rings (SSSR count). The molecular weight excluding hydrogens is 268 g/mol. The fraction of sp³-hybridized carbons (Fsp3) is 0.882. The third kappa shape index (κ3) is 11.3. The number of esters is 2. The highest BCUT2D eigenvalue weighted by molar-refractivity contribution is 5.74. The predicted molar refractivity (Wildman–Crippen MR) is 83.8 cm³/mol. The van der Waals surface area contributed by atoms with Crippen LogP contribution in [-0.2, 0) is 19.1 Å². The molecule has 4 nitrogen and oxygen atoms in total. The maximum Gasteiger partial charge on any atom is 0.308 e. The molecule has 0 saturated carbocycles. The molecule has 0 aromatic rings. The van der Waals surface area contributed by atoms with Crippen molar-refractivity contribution in [1.82, 2.24) is 0 Å². The van der Waals surface area contributed by atoms with Crippen LogP contribution < -0.4 is 0 Å². The van der Waals surface area contributed by atoms with Gasteiger partial charge >= 0.3 is 11.9 Å². The first kappa shape index (κ1) is 19.9. The molecule has 0 aromatic carbocycles. The molecule has 0 N–H and O–H groups in total. The maximum atomic E-state index is 12.1. The van der Waals surface area contributed by atoms with Crippen LogP contribution in [0, 0.1) is 23.7 Å². The quantitative estimate of drug-likeness (QED) is 0.575. The van der Waals surface area contributed by atoms with E-state index < -0.39 is 0 Å². The summed E-state index contributed by atoms with van der Waals surface area (Å²) in [4.78, 5) is 23.7. The molecular formula is C17H32O4. The van der Waals surface area contributed by atoms with E-state index in [1.54, 1.807) is 0 Å². The Labute approximate surface area is 129 Å². The summed E-state index contributed by atoms with van der Waals surface area (Å²) in [5.41, 5.74) is 0. The minimum absolute atomic E-state index is 0.186. The monoisotopic (exact) mass is 300 g/mol. The predicted octanol–water partition coefficient (Wildman–Crippen LogP) is 3.83. The van der Waals surface area contributed by atoms with Gasteiger partial charge in [0.15, 0.2) is 0 Å². The lowest BCUT2D eigenvalue weighted by Crippen LogP contribution is -2.23. The van der Waals surface area contributed by atoms with Crippen LogP contribution in [-0.4, -0.2) is 25.2 Å². The van der Waals surface area contributed by atoms with Crippen molar-refractivity contribution < 1.29 is 19.1 Å². The van der Waals surface area contributed by atoms with E-state index in [-0.39, 0.29) is 24.3 Å². The first-order valence-corrected chi connectivity index (χ1v) is 8.04. The SMILES string of the molecule is CC(C)COC(=O)CCC(CC(C)C)C(=O)OCC(C)C. The van der Waals surface area contributed by atoms with Crippen molar-refractivity contribution in [3.05, 3.63) is 0 Å². The van der Waals surface area contributed by atoms with E-state index in [0.29, 0.717) is 37.4 Å². The van der Waals surface area contributed by atoms with Gasteiger partial charge in [-0.25, -0.2) is 0 Å². The van der Waals surface area contributed by atoms with E-state index in [1.165, 1.54) is 0 Å². The van der Waals surface area contributed by atoms with Gasteiger partial charge in [0.25, 0.3) is 0 Å². The summed E-state index contributed by atoms with van der Waals surface area (Å²) < 4.78 is 10.5. The van der Waals surface area contributed by atoms with Gasteiger partial charge in [-0.15, -0.1) is 0 Å². The largest absolute Gasteiger partial charge is 0.465 e. The van der Waals surface area contributed by atoms with Gasteiger partial charge in [-0.3, -0.25) is 9.59 Å². The van der Waals surface area contributed by atoms with Crippen molar-refractivity contribution in [1.29, 1.82) is 0 Å². The van der Waals surface area contributed by atoms with Gasteiger partial charge in [-0.1, -0.05) is 41.5 Å². The van der Waals surface area contributed by atoms with Gasteiger partial charge in [0.05, 0.1) is 19.1 Å². The molecule has 0 aliphatic heterocycles. The molecule has 21 heavy (non-hydrogen) atoms. The molecule has 0 heterocycles.